The summed E-state index contributed by atoms with van der Waals surface area (Å²) in [7, 11) is 0. The van der Waals surface area contributed by atoms with E-state index in [9.17, 15) is 9.59 Å². The van der Waals surface area contributed by atoms with Crippen LogP contribution in [0.3, 0.4) is 0 Å². The van der Waals surface area contributed by atoms with Gasteiger partial charge < -0.3 is 9.30 Å². The van der Waals surface area contributed by atoms with Crippen LogP contribution >= 0.6 is 0 Å². The van der Waals surface area contributed by atoms with E-state index in [4.69, 9.17) is 4.74 Å². The maximum atomic E-state index is 11.5. The van der Waals surface area contributed by atoms with Gasteiger partial charge in [0, 0.05) is 24.2 Å². The zero-order chi connectivity index (χ0) is 13.9. The number of Topliss-reactive ketones (excluding diaryl/α,β-unsaturated/α-hetero) is 1. The average Bonchev–Trinajstić information content (AvgIpc) is 2.82. The van der Waals surface area contributed by atoms with Crippen LogP contribution in [0.5, 0.6) is 5.75 Å². The molecule has 4 heteroatoms. The summed E-state index contributed by atoms with van der Waals surface area (Å²) in [6.45, 7) is 0.937. The highest BCUT2D eigenvalue weighted by molar-refractivity contribution is 6.00. The zero-order valence-electron chi connectivity index (χ0n) is 11.0. The number of nitrogens with zero attached hydrogens (tertiary/aromatic N) is 1. The molecule has 0 radical (unpaired) electrons. The number of carbonyl (C=O) groups excluding carboxylic acids is 1. The van der Waals surface area contributed by atoms with Gasteiger partial charge in [-0.05, 0) is 36.2 Å². The van der Waals surface area contributed by atoms with Crippen molar-refractivity contribution in [1.82, 2.24) is 4.57 Å². The van der Waals surface area contributed by atoms with E-state index in [0.29, 0.717) is 19.6 Å². The third kappa shape index (κ3) is 2.50. The number of aryl methyl sites for hydroxylation is 1. The number of carbonyl (C=O) groups is 1. The fourth-order valence-electron chi connectivity index (χ4n) is 2.43. The molecule has 2 aromatic rings. The molecule has 0 spiro atoms. The van der Waals surface area contributed by atoms with E-state index in [0.717, 1.165) is 23.3 Å². The van der Waals surface area contributed by atoms with Crippen LogP contribution in [0.2, 0.25) is 0 Å². The van der Waals surface area contributed by atoms with Gasteiger partial charge >= 0.3 is 0 Å². The molecule has 1 aliphatic carbocycles. The molecule has 0 atom stereocenters. The Balaban J connectivity index is 1.64. The third-order valence-electron chi connectivity index (χ3n) is 3.50. The van der Waals surface area contributed by atoms with Gasteiger partial charge in [0.05, 0.1) is 6.54 Å². The molecule has 3 rings (SSSR count). The van der Waals surface area contributed by atoms with E-state index in [2.05, 4.69) is 0 Å². The largest absolute Gasteiger partial charge is 0.492 e. The summed E-state index contributed by atoms with van der Waals surface area (Å²) in [5, 5.41) is 0. The number of benzene rings is 1. The number of rotatable bonds is 4. The van der Waals surface area contributed by atoms with Crippen LogP contribution in [0.25, 0.3) is 0 Å². The standard InChI is InChI=1S/C16H15NO3/c18-15-7-4-12-11-13(5-6-14(12)15)20-10-9-17-8-2-1-3-16(17)19/h1-3,5-6,8,11H,4,7,9-10H2. The first-order chi connectivity index (χ1) is 9.74. The van der Waals surface area contributed by atoms with Crippen molar-refractivity contribution in [3.63, 3.8) is 0 Å². The highest BCUT2D eigenvalue weighted by Gasteiger charge is 2.19. The lowest BCUT2D eigenvalue weighted by Gasteiger charge is -2.09. The van der Waals surface area contributed by atoms with Crippen LogP contribution in [-0.2, 0) is 13.0 Å². The lowest BCUT2D eigenvalue weighted by molar-refractivity contribution is 0.0994. The molecule has 102 valence electrons. The van der Waals surface area contributed by atoms with E-state index in [1.165, 1.54) is 6.07 Å². The van der Waals surface area contributed by atoms with Gasteiger partial charge in [-0.2, -0.15) is 0 Å². The minimum absolute atomic E-state index is 0.0318. The normalized spacial score (nSPS) is 13.3. The molecule has 0 N–H and O–H groups in total. The van der Waals surface area contributed by atoms with Crippen LogP contribution in [0.15, 0.2) is 47.4 Å². The Hall–Kier alpha value is -2.36. The molecule has 1 aromatic heterocycles. The van der Waals surface area contributed by atoms with Gasteiger partial charge in [0.15, 0.2) is 5.78 Å². The number of fused-ring (bicyclic) bond motifs is 1. The first kappa shape index (κ1) is 12.7. The molecule has 0 saturated heterocycles. The van der Waals surface area contributed by atoms with Gasteiger partial charge in [0.25, 0.3) is 5.56 Å². The second-order valence-corrected chi connectivity index (χ2v) is 4.82. The molecule has 0 bridgehead atoms. The molecule has 1 aliphatic rings. The van der Waals surface area contributed by atoms with Crippen molar-refractivity contribution in [2.24, 2.45) is 0 Å². The highest BCUT2D eigenvalue weighted by Crippen LogP contribution is 2.26. The molecule has 20 heavy (non-hydrogen) atoms. The van der Waals surface area contributed by atoms with Gasteiger partial charge in [-0.25, -0.2) is 0 Å². The van der Waals surface area contributed by atoms with Crippen molar-refractivity contribution in [1.29, 1.82) is 0 Å². The zero-order valence-corrected chi connectivity index (χ0v) is 11.0. The molecule has 4 nitrogen and oxygen atoms in total. The molecule has 1 aromatic carbocycles. The quantitative estimate of drug-likeness (QED) is 0.853. The van der Waals surface area contributed by atoms with Gasteiger partial charge in [0.1, 0.15) is 12.4 Å². The van der Waals surface area contributed by atoms with E-state index in [1.54, 1.807) is 16.8 Å². The van der Waals surface area contributed by atoms with Crippen molar-refractivity contribution in [2.45, 2.75) is 19.4 Å². The Bertz CT molecular complexity index is 703. The summed E-state index contributed by atoms with van der Waals surface area (Å²) >= 11 is 0. The van der Waals surface area contributed by atoms with E-state index in [-0.39, 0.29) is 11.3 Å². The summed E-state index contributed by atoms with van der Waals surface area (Å²) < 4.78 is 7.26. The van der Waals surface area contributed by atoms with Gasteiger partial charge in [-0.15, -0.1) is 0 Å². The van der Waals surface area contributed by atoms with Crippen molar-refractivity contribution in [3.05, 3.63) is 64.1 Å². The SMILES string of the molecule is O=C1CCc2cc(OCCn3ccccc3=O)ccc21. The van der Waals surface area contributed by atoms with E-state index >= 15 is 0 Å². The number of ether oxygens (including phenoxy) is 1. The fraction of sp³-hybridized carbons (Fsp3) is 0.250. The van der Waals surface area contributed by atoms with E-state index in [1.807, 2.05) is 24.3 Å². The molecule has 0 fully saturated rings. The van der Waals surface area contributed by atoms with Crippen LogP contribution in [0, 0.1) is 0 Å². The van der Waals surface area contributed by atoms with Crippen molar-refractivity contribution >= 4 is 5.78 Å². The van der Waals surface area contributed by atoms with Crippen LogP contribution < -0.4 is 10.3 Å². The van der Waals surface area contributed by atoms with Crippen LogP contribution in [-0.4, -0.2) is 17.0 Å². The molecule has 0 amide bonds. The summed E-state index contributed by atoms with van der Waals surface area (Å²) in [4.78, 5) is 23.1. The maximum absolute atomic E-state index is 11.5. The lowest BCUT2D eigenvalue weighted by Crippen LogP contribution is -2.21. The summed E-state index contributed by atoms with van der Waals surface area (Å²) in [5.41, 5.74) is 1.84. The number of aromatic nitrogens is 1. The van der Waals surface area contributed by atoms with Crippen molar-refractivity contribution < 1.29 is 9.53 Å². The monoisotopic (exact) mass is 269 g/mol. The Morgan fingerprint density at radius 3 is 2.85 bits per heavy atom. The highest BCUT2D eigenvalue weighted by atomic mass is 16.5. The number of hydrogen-bond donors (Lipinski definition) is 0. The summed E-state index contributed by atoms with van der Waals surface area (Å²) in [6, 6.07) is 10.6. The molecule has 1 heterocycles. The summed E-state index contributed by atoms with van der Waals surface area (Å²) in [6.07, 6.45) is 3.13. The fourth-order valence-corrected chi connectivity index (χ4v) is 2.43. The van der Waals surface area contributed by atoms with Crippen molar-refractivity contribution in [2.75, 3.05) is 6.61 Å². The van der Waals surface area contributed by atoms with Crippen LogP contribution in [0.4, 0.5) is 0 Å². The second-order valence-electron chi connectivity index (χ2n) is 4.82. The van der Waals surface area contributed by atoms with Crippen LogP contribution in [0.1, 0.15) is 22.3 Å². The predicted molar refractivity (Wildman–Crippen MR) is 75.3 cm³/mol. The Morgan fingerprint density at radius 2 is 2.00 bits per heavy atom. The minimum atomic E-state index is -0.0318. The first-order valence-electron chi connectivity index (χ1n) is 6.68. The second kappa shape index (κ2) is 5.33. The number of ketones is 1. The molecular weight excluding hydrogens is 254 g/mol. The predicted octanol–water partition coefficient (Wildman–Crippen LogP) is 2.06. The number of hydrogen-bond acceptors (Lipinski definition) is 3. The van der Waals surface area contributed by atoms with Gasteiger partial charge in [0.2, 0.25) is 0 Å². The third-order valence-corrected chi connectivity index (χ3v) is 3.50. The average molecular weight is 269 g/mol. The minimum Gasteiger partial charge on any atom is -0.492 e. The molecule has 0 aliphatic heterocycles. The smallest absolute Gasteiger partial charge is 0.250 e. The van der Waals surface area contributed by atoms with E-state index < -0.39 is 0 Å². The molecule has 0 saturated carbocycles. The number of pyridine rings is 1. The molecule has 0 unspecified atom stereocenters. The van der Waals surface area contributed by atoms with Gasteiger partial charge in [-0.1, -0.05) is 6.07 Å². The Labute approximate surface area is 116 Å². The summed E-state index contributed by atoms with van der Waals surface area (Å²) in [5.74, 6) is 0.963. The maximum Gasteiger partial charge on any atom is 0.250 e. The first-order valence-corrected chi connectivity index (χ1v) is 6.68. The Morgan fingerprint density at radius 1 is 1.10 bits per heavy atom. The lowest BCUT2D eigenvalue weighted by atomic mass is 10.1. The van der Waals surface area contributed by atoms with Gasteiger partial charge in [-0.3, -0.25) is 9.59 Å². The van der Waals surface area contributed by atoms with Crippen molar-refractivity contribution in [3.8, 4) is 5.75 Å². The Kier molecular flexibility index (Phi) is 3.37. The topological polar surface area (TPSA) is 48.3 Å². The molecular formula is C16H15NO3.